The van der Waals surface area contributed by atoms with Crippen LogP contribution in [-0.4, -0.2) is 6.04 Å². The van der Waals surface area contributed by atoms with Crippen molar-refractivity contribution in [2.75, 3.05) is 0 Å². The zero-order valence-electron chi connectivity index (χ0n) is 11.5. The molecule has 0 heterocycles. The van der Waals surface area contributed by atoms with Crippen molar-refractivity contribution in [1.82, 2.24) is 5.32 Å². The second kappa shape index (κ2) is 7.47. The summed E-state index contributed by atoms with van der Waals surface area (Å²) in [5.74, 6) is -0.944. The van der Waals surface area contributed by atoms with Gasteiger partial charge in [0.05, 0.1) is 0 Å². The molecule has 1 nitrogen and oxygen atoms in total. The number of rotatable bonds is 7. The maximum Gasteiger partial charge on any atom is 0.130 e. The predicted molar refractivity (Wildman–Crippen MR) is 71.5 cm³/mol. The summed E-state index contributed by atoms with van der Waals surface area (Å²) in [4.78, 5) is 0. The van der Waals surface area contributed by atoms with Crippen LogP contribution in [0, 0.1) is 11.6 Å². The SMILES string of the molecule is CCCCC(CC)NC(C)c1c(F)cccc1F. The van der Waals surface area contributed by atoms with Crippen LogP contribution < -0.4 is 5.32 Å². The smallest absolute Gasteiger partial charge is 0.130 e. The number of benzene rings is 1. The van der Waals surface area contributed by atoms with E-state index in [-0.39, 0.29) is 11.6 Å². The summed E-state index contributed by atoms with van der Waals surface area (Å²) in [5, 5.41) is 3.32. The van der Waals surface area contributed by atoms with Gasteiger partial charge in [-0.05, 0) is 31.9 Å². The maximum atomic E-state index is 13.6. The molecule has 0 aromatic heterocycles. The lowest BCUT2D eigenvalue weighted by Gasteiger charge is -2.23. The molecule has 0 saturated heterocycles. The minimum Gasteiger partial charge on any atom is -0.307 e. The molecule has 0 radical (unpaired) electrons. The second-order valence-corrected chi connectivity index (χ2v) is 4.77. The zero-order valence-corrected chi connectivity index (χ0v) is 11.5. The van der Waals surface area contributed by atoms with Crippen molar-refractivity contribution >= 4 is 0 Å². The van der Waals surface area contributed by atoms with Gasteiger partial charge in [-0.1, -0.05) is 32.8 Å². The molecular weight excluding hydrogens is 232 g/mol. The Hall–Kier alpha value is -0.960. The van der Waals surface area contributed by atoms with Crippen molar-refractivity contribution in [3.8, 4) is 0 Å². The van der Waals surface area contributed by atoms with Crippen LogP contribution in [0.4, 0.5) is 8.78 Å². The van der Waals surface area contributed by atoms with Gasteiger partial charge in [0.1, 0.15) is 11.6 Å². The first-order chi connectivity index (χ1) is 8.60. The van der Waals surface area contributed by atoms with E-state index in [1.807, 2.05) is 6.92 Å². The molecule has 2 atom stereocenters. The average Bonchev–Trinajstić information content (AvgIpc) is 2.34. The molecule has 0 aliphatic carbocycles. The summed E-state index contributed by atoms with van der Waals surface area (Å²) in [6.07, 6.45) is 4.30. The van der Waals surface area contributed by atoms with Gasteiger partial charge in [0.2, 0.25) is 0 Å². The van der Waals surface area contributed by atoms with E-state index in [1.54, 1.807) is 0 Å². The van der Waals surface area contributed by atoms with Crippen molar-refractivity contribution in [3.63, 3.8) is 0 Å². The third kappa shape index (κ3) is 4.05. The van der Waals surface area contributed by atoms with Crippen LogP contribution in [0.1, 0.15) is 58.1 Å². The minimum absolute atomic E-state index is 0.146. The van der Waals surface area contributed by atoms with Crippen molar-refractivity contribution in [2.45, 2.75) is 58.5 Å². The normalized spacial score (nSPS) is 14.5. The highest BCUT2D eigenvalue weighted by Gasteiger charge is 2.18. The molecular formula is C15H23F2N. The molecule has 1 rings (SSSR count). The summed E-state index contributed by atoms with van der Waals surface area (Å²) >= 11 is 0. The lowest BCUT2D eigenvalue weighted by molar-refractivity contribution is 0.392. The number of halogens is 2. The maximum absolute atomic E-state index is 13.6. The Morgan fingerprint density at radius 2 is 1.78 bits per heavy atom. The minimum atomic E-state index is -0.472. The Bertz CT molecular complexity index is 345. The van der Waals surface area contributed by atoms with Gasteiger partial charge in [-0.15, -0.1) is 0 Å². The first-order valence-corrected chi connectivity index (χ1v) is 6.80. The molecule has 3 heteroatoms. The molecule has 1 aromatic rings. The molecule has 18 heavy (non-hydrogen) atoms. The average molecular weight is 255 g/mol. The highest BCUT2D eigenvalue weighted by atomic mass is 19.1. The Morgan fingerprint density at radius 1 is 1.17 bits per heavy atom. The molecule has 1 aromatic carbocycles. The van der Waals surface area contributed by atoms with Crippen molar-refractivity contribution in [3.05, 3.63) is 35.4 Å². The van der Waals surface area contributed by atoms with Crippen molar-refractivity contribution < 1.29 is 8.78 Å². The van der Waals surface area contributed by atoms with Crippen LogP contribution in [0.5, 0.6) is 0 Å². The largest absolute Gasteiger partial charge is 0.307 e. The van der Waals surface area contributed by atoms with Gasteiger partial charge in [0.15, 0.2) is 0 Å². The fraction of sp³-hybridized carbons (Fsp3) is 0.600. The van der Waals surface area contributed by atoms with Crippen LogP contribution >= 0.6 is 0 Å². The van der Waals surface area contributed by atoms with Gasteiger partial charge >= 0.3 is 0 Å². The summed E-state index contributed by atoms with van der Waals surface area (Å²) in [6, 6.07) is 4.04. The topological polar surface area (TPSA) is 12.0 Å². The van der Waals surface area contributed by atoms with E-state index >= 15 is 0 Å². The molecule has 0 aliphatic rings. The fourth-order valence-corrected chi connectivity index (χ4v) is 2.22. The van der Waals surface area contributed by atoms with Gasteiger partial charge in [0.25, 0.3) is 0 Å². The van der Waals surface area contributed by atoms with Gasteiger partial charge in [-0.25, -0.2) is 8.78 Å². The van der Waals surface area contributed by atoms with Gasteiger partial charge in [-0.2, -0.15) is 0 Å². The monoisotopic (exact) mass is 255 g/mol. The molecule has 1 N–H and O–H groups in total. The molecule has 0 saturated carbocycles. The van der Waals surface area contributed by atoms with E-state index in [0.29, 0.717) is 6.04 Å². The molecule has 0 aliphatic heterocycles. The lowest BCUT2D eigenvalue weighted by Crippen LogP contribution is -2.32. The van der Waals surface area contributed by atoms with Gasteiger partial charge in [-0.3, -0.25) is 0 Å². The van der Waals surface area contributed by atoms with E-state index in [1.165, 1.54) is 18.2 Å². The van der Waals surface area contributed by atoms with Crippen LogP contribution in [0.2, 0.25) is 0 Å². The molecule has 0 bridgehead atoms. The summed E-state index contributed by atoms with van der Waals surface area (Å²) < 4.78 is 27.3. The molecule has 0 amide bonds. The molecule has 2 unspecified atom stereocenters. The summed E-state index contributed by atoms with van der Waals surface area (Å²) in [6.45, 7) is 6.06. The third-order valence-corrected chi connectivity index (χ3v) is 3.32. The first kappa shape index (κ1) is 15.1. The number of hydrogen-bond acceptors (Lipinski definition) is 1. The van der Waals surface area contributed by atoms with E-state index < -0.39 is 11.6 Å². The van der Waals surface area contributed by atoms with Crippen LogP contribution in [0.3, 0.4) is 0 Å². The number of hydrogen-bond donors (Lipinski definition) is 1. The Morgan fingerprint density at radius 3 is 2.28 bits per heavy atom. The van der Waals surface area contributed by atoms with Gasteiger partial charge < -0.3 is 5.32 Å². The van der Waals surface area contributed by atoms with Crippen molar-refractivity contribution in [1.29, 1.82) is 0 Å². The molecule has 0 fully saturated rings. The molecule has 102 valence electrons. The Labute approximate surface area is 109 Å². The number of nitrogens with one attached hydrogen (secondary N) is 1. The van der Waals surface area contributed by atoms with E-state index in [2.05, 4.69) is 19.2 Å². The second-order valence-electron chi connectivity index (χ2n) is 4.77. The third-order valence-electron chi connectivity index (χ3n) is 3.32. The number of unbranched alkanes of at least 4 members (excludes halogenated alkanes) is 1. The summed E-state index contributed by atoms with van der Waals surface area (Å²) in [5.41, 5.74) is 0.146. The first-order valence-electron chi connectivity index (χ1n) is 6.80. The lowest BCUT2D eigenvalue weighted by atomic mass is 10.0. The Kier molecular flexibility index (Phi) is 6.27. The van der Waals surface area contributed by atoms with Crippen LogP contribution in [0.25, 0.3) is 0 Å². The van der Waals surface area contributed by atoms with Gasteiger partial charge in [0, 0.05) is 17.6 Å². The predicted octanol–water partition coefficient (Wildman–Crippen LogP) is 4.58. The van der Waals surface area contributed by atoms with E-state index in [4.69, 9.17) is 0 Å². The highest BCUT2D eigenvalue weighted by Crippen LogP contribution is 2.21. The quantitative estimate of drug-likeness (QED) is 0.751. The molecule has 0 spiro atoms. The van der Waals surface area contributed by atoms with E-state index in [9.17, 15) is 8.78 Å². The standard InChI is InChI=1S/C15H23F2N/c1-4-6-8-12(5-2)18-11(3)15-13(16)9-7-10-14(15)17/h7,9-12,18H,4-6,8H2,1-3H3. The van der Waals surface area contributed by atoms with Crippen LogP contribution in [-0.2, 0) is 0 Å². The van der Waals surface area contributed by atoms with E-state index in [0.717, 1.165) is 25.7 Å². The van der Waals surface area contributed by atoms with Crippen LogP contribution in [0.15, 0.2) is 18.2 Å². The summed E-state index contributed by atoms with van der Waals surface area (Å²) in [7, 11) is 0. The Balaban J connectivity index is 2.71. The zero-order chi connectivity index (χ0) is 13.5. The fourth-order valence-electron chi connectivity index (χ4n) is 2.22. The van der Waals surface area contributed by atoms with Crippen molar-refractivity contribution in [2.24, 2.45) is 0 Å². The highest BCUT2D eigenvalue weighted by molar-refractivity contribution is 5.22.